The highest BCUT2D eigenvalue weighted by Crippen LogP contribution is 2.28. The van der Waals surface area contributed by atoms with E-state index in [0.717, 1.165) is 0 Å². The number of aliphatic hydroxyl groups is 6. The van der Waals surface area contributed by atoms with E-state index >= 15 is 0 Å². The summed E-state index contributed by atoms with van der Waals surface area (Å²) in [5.41, 5.74) is 0. The van der Waals surface area contributed by atoms with Crippen LogP contribution < -0.4 is 5.32 Å². The van der Waals surface area contributed by atoms with Gasteiger partial charge >= 0.3 is 0 Å². The summed E-state index contributed by atoms with van der Waals surface area (Å²) in [4.78, 5) is 11.4. The van der Waals surface area contributed by atoms with E-state index in [1.165, 1.54) is 14.0 Å². The van der Waals surface area contributed by atoms with E-state index < -0.39 is 73.9 Å². The molecule has 2 fully saturated rings. The molecule has 10 atom stereocenters. The second kappa shape index (κ2) is 9.52. The van der Waals surface area contributed by atoms with Crippen molar-refractivity contribution < 1.29 is 54.4 Å². The fourth-order valence-corrected chi connectivity index (χ4v) is 3.12. The average Bonchev–Trinajstić information content (AvgIpc) is 2.62. The Morgan fingerprint density at radius 2 is 1.67 bits per heavy atom. The monoisotopic (exact) mass is 397 g/mol. The predicted octanol–water partition coefficient (Wildman–Crippen LogP) is -4.60. The number of amides is 1. The van der Waals surface area contributed by atoms with Gasteiger partial charge in [-0.05, 0) is 0 Å². The maximum atomic E-state index is 11.4. The minimum absolute atomic E-state index is 0.0977. The number of hydrogen-bond donors (Lipinski definition) is 7. The Kier molecular flexibility index (Phi) is 7.88. The Labute approximate surface area is 155 Å². The smallest absolute Gasteiger partial charge is 0.217 e. The number of methoxy groups -OCH3 is 1. The van der Waals surface area contributed by atoms with E-state index in [1.807, 2.05) is 0 Å². The zero-order valence-corrected chi connectivity index (χ0v) is 14.9. The van der Waals surface area contributed by atoms with Gasteiger partial charge in [-0.1, -0.05) is 0 Å². The Bertz CT molecular complexity index is 492. The summed E-state index contributed by atoms with van der Waals surface area (Å²) in [6.45, 7) is 0.427. The van der Waals surface area contributed by atoms with Crippen molar-refractivity contribution in [3.63, 3.8) is 0 Å². The van der Waals surface area contributed by atoms with Gasteiger partial charge in [-0.3, -0.25) is 4.79 Å². The van der Waals surface area contributed by atoms with Gasteiger partial charge < -0.3 is 54.9 Å². The molecule has 12 heteroatoms. The van der Waals surface area contributed by atoms with Gasteiger partial charge in [-0.15, -0.1) is 0 Å². The molecule has 0 aliphatic carbocycles. The Hall–Kier alpha value is -0.930. The lowest BCUT2D eigenvalue weighted by Crippen LogP contribution is -2.67. The summed E-state index contributed by atoms with van der Waals surface area (Å²) in [6, 6.07) is -1.22. The van der Waals surface area contributed by atoms with E-state index in [1.54, 1.807) is 0 Å². The van der Waals surface area contributed by atoms with Gasteiger partial charge in [0.2, 0.25) is 5.91 Å². The highest BCUT2D eigenvalue weighted by atomic mass is 16.7. The van der Waals surface area contributed by atoms with Gasteiger partial charge in [0.05, 0.1) is 13.2 Å². The van der Waals surface area contributed by atoms with Crippen LogP contribution in [0.1, 0.15) is 6.92 Å². The second-order valence-electron chi connectivity index (χ2n) is 6.54. The van der Waals surface area contributed by atoms with Crippen LogP contribution in [0.3, 0.4) is 0 Å². The number of carbonyl (C=O) groups is 1. The van der Waals surface area contributed by atoms with Crippen LogP contribution in [0.5, 0.6) is 0 Å². The standard InChI is InChI=1S/C15H27NO11/c1-5(18)16-8-13(10(20)7(4-24-2)25-14(8)23)27-15-12(22)11(21)9(19)6(3-17)26-15/h6-15,17,19-23H,3-4H2,1-2H3,(H,16,18)/t6-,7-,8-,9+,10+,11+,12-,13-,14?,15+/m1/s1. The van der Waals surface area contributed by atoms with Crippen molar-refractivity contribution in [1.29, 1.82) is 0 Å². The predicted molar refractivity (Wildman–Crippen MR) is 85.0 cm³/mol. The first-order valence-corrected chi connectivity index (χ1v) is 8.44. The van der Waals surface area contributed by atoms with Crippen LogP contribution >= 0.6 is 0 Å². The first-order valence-electron chi connectivity index (χ1n) is 8.44. The van der Waals surface area contributed by atoms with Crippen LogP contribution in [0.15, 0.2) is 0 Å². The molecular formula is C15H27NO11. The lowest BCUT2D eigenvalue weighted by molar-refractivity contribution is -0.341. The van der Waals surface area contributed by atoms with Crippen molar-refractivity contribution in [1.82, 2.24) is 5.32 Å². The topological polar surface area (TPSA) is 187 Å². The molecule has 7 N–H and O–H groups in total. The largest absolute Gasteiger partial charge is 0.394 e. The van der Waals surface area contributed by atoms with Crippen molar-refractivity contribution in [3.8, 4) is 0 Å². The third-order valence-corrected chi connectivity index (χ3v) is 4.53. The molecule has 0 spiro atoms. The van der Waals surface area contributed by atoms with Gasteiger partial charge in [0.15, 0.2) is 12.6 Å². The summed E-state index contributed by atoms with van der Waals surface area (Å²) < 4.78 is 21.0. The molecule has 0 saturated carbocycles. The van der Waals surface area contributed by atoms with E-state index in [0.29, 0.717) is 0 Å². The number of ether oxygens (including phenoxy) is 4. The molecular weight excluding hydrogens is 370 g/mol. The third kappa shape index (κ3) is 4.92. The van der Waals surface area contributed by atoms with Crippen molar-refractivity contribution in [2.45, 2.75) is 68.3 Å². The molecule has 2 rings (SSSR count). The fourth-order valence-electron chi connectivity index (χ4n) is 3.12. The van der Waals surface area contributed by atoms with E-state index in [4.69, 9.17) is 18.9 Å². The molecule has 12 nitrogen and oxygen atoms in total. The lowest BCUT2D eigenvalue weighted by Gasteiger charge is -2.46. The van der Waals surface area contributed by atoms with Crippen molar-refractivity contribution in [3.05, 3.63) is 0 Å². The van der Waals surface area contributed by atoms with Gasteiger partial charge in [-0.25, -0.2) is 0 Å². The third-order valence-electron chi connectivity index (χ3n) is 4.53. The number of aliphatic hydroxyl groups excluding tert-OH is 6. The highest BCUT2D eigenvalue weighted by molar-refractivity contribution is 5.73. The van der Waals surface area contributed by atoms with Crippen molar-refractivity contribution in [2.75, 3.05) is 20.3 Å². The molecule has 2 saturated heterocycles. The molecule has 2 aliphatic heterocycles. The summed E-state index contributed by atoms with van der Waals surface area (Å²) in [5.74, 6) is -0.539. The molecule has 2 heterocycles. The molecule has 0 aromatic carbocycles. The number of rotatable bonds is 6. The van der Waals surface area contributed by atoms with Crippen LogP contribution in [0.2, 0.25) is 0 Å². The first kappa shape index (κ1) is 22.4. The zero-order valence-electron chi connectivity index (χ0n) is 14.9. The Morgan fingerprint density at radius 1 is 1.00 bits per heavy atom. The minimum atomic E-state index is -1.71. The maximum Gasteiger partial charge on any atom is 0.217 e. The summed E-state index contributed by atoms with van der Waals surface area (Å²) in [5, 5.41) is 62.1. The molecule has 2 aliphatic rings. The Balaban J connectivity index is 2.22. The lowest BCUT2D eigenvalue weighted by atomic mass is 9.95. The molecule has 27 heavy (non-hydrogen) atoms. The van der Waals surface area contributed by atoms with Crippen LogP contribution in [-0.2, 0) is 23.7 Å². The van der Waals surface area contributed by atoms with E-state index in [2.05, 4.69) is 5.32 Å². The van der Waals surface area contributed by atoms with E-state index in [-0.39, 0.29) is 6.61 Å². The van der Waals surface area contributed by atoms with Crippen molar-refractivity contribution >= 4 is 5.91 Å². The zero-order chi connectivity index (χ0) is 20.3. The van der Waals surface area contributed by atoms with E-state index in [9.17, 15) is 35.4 Å². The number of hydrogen-bond acceptors (Lipinski definition) is 11. The van der Waals surface area contributed by atoms with Gasteiger partial charge in [0, 0.05) is 14.0 Å². The molecule has 0 aromatic heterocycles. The number of nitrogens with one attached hydrogen (secondary N) is 1. The van der Waals surface area contributed by atoms with Gasteiger partial charge in [0.1, 0.15) is 48.8 Å². The summed E-state index contributed by atoms with van der Waals surface area (Å²) in [6.07, 6.45) is -13.1. The molecule has 158 valence electrons. The first-order chi connectivity index (χ1) is 12.7. The van der Waals surface area contributed by atoms with Crippen LogP contribution in [-0.4, -0.2) is 118 Å². The maximum absolute atomic E-state index is 11.4. The van der Waals surface area contributed by atoms with Crippen LogP contribution in [0.4, 0.5) is 0 Å². The molecule has 0 aromatic rings. The quantitative estimate of drug-likeness (QED) is 0.228. The molecule has 1 unspecified atom stereocenters. The molecule has 0 bridgehead atoms. The van der Waals surface area contributed by atoms with Crippen LogP contribution in [0, 0.1) is 0 Å². The number of carbonyl (C=O) groups excluding carboxylic acids is 1. The fraction of sp³-hybridized carbons (Fsp3) is 0.933. The summed E-state index contributed by atoms with van der Waals surface area (Å²) >= 11 is 0. The minimum Gasteiger partial charge on any atom is -0.394 e. The van der Waals surface area contributed by atoms with Gasteiger partial charge in [-0.2, -0.15) is 0 Å². The van der Waals surface area contributed by atoms with Gasteiger partial charge in [0.25, 0.3) is 0 Å². The van der Waals surface area contributed by atoms with Crippen molar-refractivity contribution in [2.24, 2.45) is 0 Å². The normalized spacial score (nSPS) is 45.5. The Morgan fingerprint density at radius 3 is 2.22 bits per heavy atom. The van der Waals surface area contributed by atoms with Crippen LogP contribution in [0.25, 0.3) is 0 Å². The molecule has 0 radical (unpaired) electrons. The summed E-state index contributed by atoms with van der Waals surface area (Å²) in [7, 11) is 1.36. The highest BCUT2D eigenvalue weighted by Gasteiger charge is 2.50. The SMILES string of the molecule is COC[C@H]1OC(O)[C@H](NC(C)=O)[C@@H](O[C@@H]2O[C@H](CO)[C@H](O)[C@H](O)[C@H]2O)[C@H]1O. The second-order valence-corrected chi connectivity index (χ2v) is 6.54. The molecule has 1 amide bonds. The average molecular weight is 397 g/mol.